The molecule has 2 aromatic rings. The third kappa shape index (κ3) is 3.88. The van der Waals surface area contributed by atoms with E-state index in [0.717, 1.165) is 0 Å². The molecule has 1 aromatic heterocycles. The van der Waals surface area contributed by atoms with E-state index in [1.807, 2.05) is 0 Å². The zero-order chi connectivity index (χ0) is 18.8. The van der Waals surface area contributed by atoms with Crippen LogP contribution in [-0.4, -0.2) is 36.4 Å². The molecule has 0 unspecified atom stereocenters. The first kappa shape index (κ1) is 18.7. The first-order valence-corrected chi connectivity index (χ1v) is 7.82. The number of carbonyl (C=O) groups is 2. The van der Waals surface area contributed by atoms with Crippen LogP contribution in [0.25, 0.3) is 10.9 Å². The molecule has 1 heterocycles. The predicted octanol–water partition coefficient (Wildman–Crippen LogP) is 2.22. The number of likely N-dealkylation sites (N-methyl/N-ethyl adjacent to an activating group) is 1. The summed E-state index contributed by atoms with van der Waals surface area (Å²) in [6, 6.07) is 5.68. The summed E-state index contributed by atoms with van der Waals surface area (Å²) in [6.07, 6.45) is 0.696. The van der Waals surface area contributed by atoms with Gasteiger partial charge in [0.1, 0.15) is 11.6 Å². The molecule has 1 N–H and O–H groups in total. The third-order valence-electron chi connectivity index (χ3n) is 3.57. The lowest BCUT2D eigenvalue weighted by atomic mass is 10.1. The minimum Gasteiger partial charge on any atom is -0.468 e. The number of methoxy groups -OCH3 is 1. The SMILES string of the molecule is CN[C@H](C(=O)OC)c1cn(C(=O)OC(C)(C)C)c2ccccc2c1=O. The summed E-state index contributed by atoms with van der Waals surface area (Å²) in [6.45, 7) is 5.25. The lowest BCUT2D eigenvalue weighted by Gasteiger charge is -2.22. The van der Waals surface area contributed by atoms with Gasteiger partial charge >= 0.3 is 12.1 Å². The molecule has 0 radical (unpaired) electrons. The number of esters is 1. The summed E-state index contributed by atoms with van der Waals surface area (Å²) in [7, 11) is 2.77. The molecule has 0 spiro atoms. The van der Waals surface area contributed by atoms with Crippen LogP contribution in [0.4, 0.5) is 4.79 Å². The van der Waals surface area contributed by atoms with Gasteiger partial charge in [-0.05, 0) is 40.0 Å². The Bertz CT molecular complexity index is 864. The van der Waals surface area contributed by atoms with Gasteiger partial charge in [0.2, 0.25) is 0 Å². The van der Waals surface area contributed by atoms with Crippen LogP contribution >= 0.6 is 0 Å². The fourth-order valence-electron chi connectivity index (χ4n) is 2.48. The number of ether oxygens (including phenoxy) is 2. The Morgan fingerprint density at radius 3 is 2.40 bits per heavy atom. The highest BCUT2D eigenvalue weighted by Crippen LogP contribution is 2.19. The van der Waals surface area contributed by atoms with E-state index < -0.39 is 23.7 Å². The molecule has 0 fully saturated rings. The number of benzene rings is 1. The number of pyridine rings is 1. The zero-order valence-electron chi connectivity index (χ0n) is 15.0. The maximum atomic E-state index is 12.8. The fourth-order valence-corrected chi connectivity index (χ4v) is 2.48. The van der Waals surface area contributed by atoms with E-state index in [1.165, 1.54) is 24.9 Å². The second-order valence-corrected chi connectivity index (χ2v) is 6.53. The van der Waals surface area contributed by atoms with E-state index in [4.69, 9.17) is 9.47 Å². The Labute approximate surface area is 145 Å². The highest BCUT2D eigenvalue weighted by atomic mass is 16.6. The number of para-hydroxylation sites is 1. The van der Waals surface area contributed by atoms with Gasteiger partial charge in [0.05, 0.1) is 12.6 Å². The Kier molecular flexibility index (Phi) is 5.27. The topological polar surface area (TPSA) is 86.6 Å². The number of rotatable bonds is 3. The zero-order valence-corrected chi connectivity index (χ0v) is 15.0. The largest absolute Gasteiger partial charge is 0.468 e. The summed E-state index contributed by atoms with van der Waals surface area (Å²) < 4.78 is 11.4. The van der Waals surface area contributed by atoms with Crippen molar-refractivity contribution >= 4 is 23.0 Å². The summed E-state index contributed by atoms with van der Waals surface area (Å²) in [5.41, 5.74) is -0.532. The van der Waals surface area contributed by atoms with Crippen LogP contribution in [0.15, 0.2) is 35.3 Å². The van der Waals surface area contributed by atoms with Crippen molar-refractivity contribution in [3.8, 4) is 0 Å². The van der Waals surface area contributed by atoms with Crippen LogP contribution in [0.2, 0.25) is 0 Å². The van der Waals surface area contributed by atoms with Crippen molar-refractivity contribution in [2.75, 3.05) is 14.2 Å². The molecule has 0 saturated heterocycles. The van der Waals surface area contributed by atoms with Crippen molar-refractivity contribution < 1.29 is 19.1 Å². The molecule has 0 bridgehead atoms. The first-order valence-electron chi connectivity index (χ1n) is 7.82. The molecule has 134 valence electrons. The van der Waals surface area contributed by atoms with Gasteiger partial charge in [-0.1, -0.05) is 12.1 Å². The molecular weight excluding hydrogens is 324 g/mol. The van der Waals surface area contributed by atoms with E-state index in [-0.39, 0.29) is 11.0 Å². The van der Waals surface area contributed by atoms with E-state index in [2.05, 4.69) is 5.32 Å². The maximum Gasteiger partial charge on any atom is 0.419 e. The molecule has 0 amide bonds. The lowest BCUT2D eigenvalue weighted by molar-refractivity contribution is -0.143. The summed E-state index contributed by atoms with van der Waals surface area (Å²) in [4.78, 5) is 37.4. The normalized spacial score (nSPS) is 12.7. The van der Waals surface area contributed by atoms with Crippen molar-refractivity contribution in [3.63, 3.8) is 0 Å². The van der Waals surface area contributed by atoms with Crippen LogP contribution in [0.3, 0.4) is 0 Å². The standard InChI is InChI=1S/C18H22N2O5/c1-18(2,3)25-17(23)20-10-12(14(19-4)16(22)24-5)15(21)11-8-6-7-9-13(11)20/h6-10,14,19H,1-5H3/t14-/m0/s1. The Hall–Kier alpha value is -2.67. The summed E-state index contributed by atoms with van der Waals surface area (Å²) in [5.74, 6) is -0.620. The van der Waals surface area contributed by atoms with Crippen LogP contribution in [0, 0.1) is 0 Å². The van der Waals surface area contributed by atoms with Gasteiger partial charge in [-0.25, -0.2) is 9.59 Å². The number of nitrogens with zero attached hydrogens (tertiary/aromatic N) is 1. The van der Waals surface area contributed by atoms with Crippen molar-refractivity contribution in [2.45, 2.75) is 32.4 Å². The minimum atomic E-state index is -0.990. The van der Waals surface area contributed by atoms with Crippen LogP contribution in [0.5, 0.6) is 0 Å². The van der Waals surface area contributed by atoms with E-state index in [0.29, 0.717) is 10.9 Å². The molecule has 0 aliphatic carbocycles. The molecule has 1 atom stereocenters. The highest BCUT2D eigenvalue weighted by Gasteiger charge is 2.26. The van der Waals surface area contributed by atoms with Gasteiger partial charge in [-0.15, -0.1) is 0 Å². The van der Waals surface area contributed by atoms with Crippen molar-refractivity contribution in [1.29, 1.82) is 0 Å². The molecule has 7 heteroatoms. The molecular formula is C18H22N2O5. The number of hydrogen-bond donors (Lipinski definition) is 1. The summed E-state index contributed by atoms with van der Waals surface area (Å²) >= 11 is 0. The Balaban J connectivity index is 2.73. The second kappa shape index (κ2) is 7.06. The van der Waals surface area contributed by atoms with Crippen LogP contribution in [-0.2, 0) is 14.3 Å². The lowest BCUT2D eigenvalue weighted by Crippen LogP contribution is -2.34. The molecule has 7 nitrogen and oxygen atoms in total. The second-order valence-electron chi connectivity index (χ2n) is 6.53. The van der Waals surface area contributed by atoms with Crippen molar-refractivity contribution in [1.82, 2.24) is 9.88 Å². The van der Waals surface area contributed by atoms with Crippen molar-refractivity contribution in [3.05, 3.63) is 46.2 Å². The fraction of sp³-hybridized carbons (Fsp3) is 0.389. The molecule has 0 aliphatic rings. The monoisotopic (exact) mass is 346 g/mol. The smallest absolute Gasteiger partial charge is 0.419 e. The maximum absolute atomic E-state index is 12.8. The van der Waals surface area contributed by atoms with Gasteiger partial charge in [0.25, 0.3) is 0 Å². The number of nitrogens with one attached hydrogen (secondary N) is 1. The predicted molar refractivity (Wildman–Crippen MR) is 93.7 cm³/mol. The van der Waals surface area contributed by atoms with Gasteiger partial charge in [0.15, 0.2) is 5.43 Å². The molecule has 2 rings (SSSR count). The summed E-state index contributed by atoms with van der Waals surface area (Å²) in [5, 5.41) is 3.06. The molecule has 0 aliphatic heterocycles. The van der Waals surface area contributed by atoms with E-state index in [9.17, 15) is 14.4 Å². The Morgan fingerprint density at radius 1 is 1.20 bits per heavy atom. The third-order valence-corrected chi connectivity index (χ3v) is 3.57. The van der Waals surface area contributed by atoms with Crippen molar-refractivity contribution in [2.24, 2.45) is 0 Å². The van der Waals surface area contributed by atoms with Gasteiger partial charge in [0, 0.05) is 17.1 Å². The average molecular weight is 346 g/mol. The quantitative estimate of drug-likeness (QED) is 0.858. The number of fused-ring (bicyclic) bond motifs is 1. The molecule has 25 heavy (non-hydrogen) atoms. The Morgan fingerprint density at radius 2 is 1.84 bits per heavy atom. The number of aromatic nitrogens is 1. The average Bonchev–Trinajstić information content (AvgIpc) is 2.55. The van der Waals surface area contributed by atoms with E-state index >= 15 is 0 Å². The molecule has 0 saturated carbocycles. The van der Waals surface area contributed by atoms with Gasteiger partial charge in [-0.2, -0.15) is 0 Å². The highest BCUT2D eigenvalue weighted by molar-refractivity contribution is 5.89. The molecule has 1 aromatic carbocycles. The number of hydrogen-bond acceptors (Lipinski definition) is 6. The van der Waals surface area contributed by atoms with Crippen LogP contribution < -0.4 is 10.7 Å². The van der Waals surface area contributed by atoms with Crippen LogP contribution in [0.1, 0.15) is 32.4 Å². The minimum absolute atomic E-state index is 0.110. The van der Waals surface area contributed by atoms with Gasteiger partial charge < -0.3 is 14.8 Å². The van der Waals surface area contributed by atoms with E-state index in [1.54, 1.807) is 45.0 Å². The van der Waals surface area contributed by atoms with Gasteiger partial charge in [-0.3, -0.25) is 9.36 Å². The number of carbonyl (C=O) groups excluding carboxylic acids is 2. The first-order chi connectivity index (χ1) is 11.7.